The maximum atomic E-state index is 12.2. The summed E-state index contributed by atoms with van der Waals surface area (Å²) in [6.07, 6.45) is 1.18. The number of allylic oxidation sites excluding steroid dienone is 2. The number of carbonyl (C=O) groups is 2. The molecule has 1 aliphatic heterocycles. The fraction of sp³-hybridized carbons (Fsp3) is 0.688. The standard InChI is InChI=1S/C16H24N2O3/c1-8(2)16(5)15(21)17-13(18-16)11-6-9(3)10(4)7-12(11)14(19)20/h8,11-12H,6-7H2,1-5H3,(H,19,20)(H,17,18,21). The van der Waals surface area contributed by atoms with Gasteiger partial charge in [-0.15, -0.1) is 0 Å². The van der Waals surface area contributed by atoms with Gasteiger partial charge in [-0.3, -0.25) is 14.6 Å². The molecule has 0 spiro atoms. The highest BCUT2D eigenvalue weighted by Crippen LogP contribution is 2.37. The zero-order chi connectivity index (χ0) is 15.9. The van der Waals surface area contributed by atoms with Crippen molar-refractivity contribution in [3.05, 3.63) is 11.1 Å². The maximum Gasteiger partial charge on any atom is 0.307 e. The number of nitrogens with zero attached hydrogens (tertiary/aromatic N) is 1. The van der Waals surface area contributed by atoms with E-state index in [0.717, 1.165) is 5.57 Å². The van der Waals surface area contributed by atoms with Crippen LogP contribution in [0.5, 0.6) is 0 Å². The van der Waals surface area contributed by atoms with Gasteiger partial charge in [0.25, 0.3) is 5.91 Å². The maximum absolute atomic E-state index is 12.2. The van der Waals surface area contributed by atoms with E-state index in [1.54, 1.807) is 0 Å². The Hall–Kier alpha value is -1.65. The highest BCUT2D eigenvalue weighted by atomic mass is 16.4. The van der Waals surface area contributed by atoms with Crippen LogP contribution in [0, 0.1) is 17.8 Å². The molecule has 3 unspecified atom stereocenters. The number of carbonyl (C=O) groups excluding carboxylic acids is 1. The van der Waals surface area contributed by atoms with E-state index in [9.17, 15) is 14.7 Å². The number of carboxylic acid groups (broad SMARTS) is 1. The predicted molar refractivity (Wildman–Crippen MR) is 81.0 cm³/mol. The first-order valence-corrected chi connectivity index (χ1v) is 7.46. The minimum Gasteiger partial charge on any atom is -0.481 e. The quantitative estimate of drug-likeness (QED) is 0.784. The Kier molecular flexibility index (Phi) is 3.95. The largest absolute Gasteiger partial charge is 0.481 e. The van der Waals surface area contributed by atoms with Crippen LogP contribution in [0.4, 0.5) is 0 Å². The second-order valence-electron chi connectivity index (χ2n) is 6.77. The molecule has 0 aromatic rings. The molecule has 3 atom stereocenters. The first-order chi connectivity index (χ1) is 9.66. The van der Waals surface area contributed by atoms with E-state index in [2.05, 4.69) is 10.3 Å². The SMILES string of the molecule is CC1=C(C)CC(C2=NC(C)(C(C)C)C(=O)N2)C(C(=O)O)C1. The van der Waals surface area contributed by atoms with Crippen molar-refractivity contribution < 1.29 is 14.7 Å². The zero-order valence-electron chi connectivity index (χ0n) is 13.4. The Bertz CT molecular complexity index is 548. The highest BCUT2D eigenvalue weighted by Gasteiger charge is 2.46. The molecular formula is C16H24N2O3. The van der Waals surface area contributed by atoms with E-state index in [1.165, 1.54) is 5.57 Å². The van der Waals surface area contributed by atoms with Crippen molar-refractivity contribution in [3.8, 4) is 0 Å². The molecule has 5 heteroatoms. The molecule has 116 valence electrons. The van der Waals surface area contributed by atoms with E-state index in [4.69, 9.17) is 0 Å². The van der Waals surface area contributed by atoms with Crippen molar-refractivity contribution in [1.29, 1.82) is 0 Å². The molecule has 0 bridgehead atoms. The Morgan fingerprint density at radius 1 is 1.33 bits per heavy atom. The van der Waals surface area contributed by atoms with E-state index in [1.807, 2.05) is 34.6 Å². The van der Waals surface area contributed by atoms with Crippen LogP contribution < -0.4 is 5.32 Å². The predicted octanol–water partition coefficient (Wildman–Crippen LogP) is 2.38. The van der Waals surface area contributed by atoms with Crippen molar-refractivity contribution in [2.24, 2.45) is 22.7 Å². The number of aliphatic carboxylic acids is 1. The van der Waals surface area contributed by atoms with Crippen LogP contribution in [0.15, 0.2) is 16.1 Å². The van der Waals surface area contributed by atoms with Crippen LogP contribution in [0.1, 0.15) is 47.5 Å². The Balaban J connectivity index is 2.37. The van der Waals surface area contributed by atoms with Gasteiger partial charge in [0, 0.05) is 5.92 Å². The van der Waals surface area contributed by atoms with Gasteiger partial charge in [-0.25, -0.2) is 0 Å². The number of nitrogens with one attached hydrogen (secondary N) is 1. The molecule has 0 saturated heterocycles. The molecule has 0 fully saturated rings. The summed E-state index contributed by atoms with van der Waals surface area (Å²) in [6, 6.07) is 0. The first-order valence-electron chi connectivity index (χ1n) is 7.46. The van der Waals surface area contributed by atoms with E-state index >= 15 is 0 Å². The number of amides is 1. The van der Waals surface area contributed by atoms with Crippen LogP contribution in [-0.2, 0) is 9.59 Å². The van der Waals surface area contributed by atoms with Crippen LogP contribution in [0.3, 0.4) is 0 Å². The Morgan fingerprint density at radius 3 is 2.38 bits per heavy atom. The van der Waals surface area contributed by atoms with Gasteiger partial charge < -0.3 is 10.4 Å². The summed E-state index contributed by atoms with van der Waals surface area (Å²) in [7, 11) is 0. The lowest BCUT2D eigenvalue weighted by molar-refractivity contribution is -0.143. The molecule has 2 N–H and O–H groups in total. The lowest BCUT2D eigenvalue weighted by Crippen LogP contribution is -2.43. The van der Waals surface area contributed by atoms with E-state index in [-0.39, 0.29) is 17.7 Å². The average molecular weight is 292 g/mol. The summed E-state index contributed by atoms with van der Waals surface area (Å²) in [5.41, 5.74) is 1.55. The fourth-order valence-corrected chi connectivity index (χ4v) is 2.98. The molecule has 0 radical (unpaired) electrons. The van der Waals surface area contributed by atoms with Gasteiger partial charge in [0.2, 0.25) is 0 Å². The number of carboxylic acids is 1. The minimum atomic E-state index is -0.818. The second-order valence-corrected chi connectivity index (χ2v) is 6.77. The van der Waals surface area contributed by atoms with Gasteiger partial charge in [0.15, 0.2) is 0 Å². The van der Waals surface area contributed by atoms with Gasteiger partial charge in [-0.2, -0.15) is 0 Å². The number of amidine groups is 1. The number of aliphatic imine (C=N–C) groups is 1. The minimum absolute atomic E-state index is 0.0697. The first kappa shape index (κ1) is 15.7. The topological polar surface area (TPSA) is 78.8 Å². The van der Waals surface area contributed by atoms with E-state index < -0.39 is 17.4 Å². The van der Waals surface area contributed by atoms with Gasteiger partial charge >= 0.3 is 5.97 Å². The summed E-state index contributed by atoms with van der Waals surface area (Å²) in [5, 5.41) is 12.3. The molecule has 2 aliphatic rings. The molecule has 0 saturated carbocycles. The van der Waals surface area contributed by atoms with Crippen molar-refractivity contribution in [3.63, 3.8) is 0 Å². The molecule has 1 amide bonds. The zero-order valence-corrected chi connectivity index (χ0v) is 13.4. The second kappa shape index (κ2) is 5.28. The van der Waals surface area contributed by atoms with Crippen LogP contribution >= 0.6 is 0 Å². The van der Waals surface area contributed by atoms with Gasteiger partial charge in [-0.1, -0.05) is 25.0 Å². The van der Waals surface area contributed by atoms with Crippen molar-refractivity contribution in [2.75, 3.05) is 0 Å². The normalized spacial score (nSPS) is 33.2. The van der Waals surface area contributed by atoms with Crippen LogP contribution in [0.25, 0.3) is 0 Å². The fourth-order valence-electron chi connectivity index (χ4n) is 2.98. The van der Waals surface area contributed by atoms with Crippen molar-refractivity contribution in [2.45, 2.75) is 53.0 Å². The lowest BCUT2D eigenvalue weighted by atomic mass is 9.76. The summed E-state index contributed by atoms with van der Waals surface area (Å²) < 4.78 is 0. The molecule has 2 rings (SSSR count). The molecule has 5 nitrogen and oxygen atoms in total. The third-order valence-corrected chi connectivity index (χ3v) is 5.11. The van der Waals surface area contributed by atoms with E-state index in [0.29, 0.717) is 18.7 Å². The Labute approximate surface area is 125 Å². The lowest BCUT2D eigenvalue weighted by Gasteiger charge is -2.30. The molecule has 0 aromatic heterocycles. The van der Waals surface area contributed by atoms with Crippen LogP contribution in [-0.4, -0.2) is 28.4 Å². The highest BCUT2D eigenvalue weighted by molar-refractivity contribution is 6.10. The molecule has 21 heavy (non-hydrogen) atoms. The number of hydrogen-bond acceptors (Lipinski definition) is 3. The van der Waals surface area contributed by atoms with Crippen molar-refractivity contribution in [1.82, 2.24) is 5.32 Å². The van der Waals surface area contributed by atoms with Gasteiger partial charge in [-0.05, 0) is 39.5 Å². The summed E-state index contributed by atoms with van der Waals surface area (Å²) >= 11 is 0. The third kappa shape index (κ3) is 2.61. The number of rotatable bonds is 3. The summed E-state index contributed by atoms with van der Waals surface area (Å²) in [6.45, 7) is 9.73. The van der Waals surface area contributed by atoms with Gasteiger partial charge in [0.05, 0.1) is 5.92 Å². The average Bonchev–Trinajstić information content (AvgIpc) is 2.69. The summed E-state index contributed by atoms with van der Waals surface area (Å²) in [5.74, 6) is -1.07. The van der Waals surface area contributed by atoms with Crippen LogP contribution in [0.2, 0.25) is 0 Å². The summed E-state index contributed by atoms with van der Waals surface area (Å²) in [4.78, 5) is 28.4. The molecule has 0 aromatic carbocycles. The van der Waals surface area contributed by atoms with Gasteiger partial charge in [0.1, 0.15) is 11.4 Å². The molecular weight excluding hydrogens is 268 g/mol. The van der Waals surface area contributed by atoms with Crippen molar-refractivity contribution >= 4 is 17.7 Å². The monoisotopic (exact) mass is 292 g/mol. The smallest absolute Gasteiger partial charge is 0.307 e. The Morgan fingerprint density at radius 2 is 1.90 bits per heavy atom. The molecule has 1 aliphatic carbocycles. The number of hydrogen-bond donors (Lipinski definition) is 2. The third-order valence-electron chi connectivity index (χ3n) is 5.11. The molecule has 1 heterocycles.